The van der Waals surface area contributed by atoms with E-state index in [4.69, 9.17) is 5.73 Å². The van der Waals surface area contributed by atoms with Gasteiger partial charge in [0.05, 0.1) is 5.69 Å². The molecule has 2 heterocycles. The summed E-state index contributed by atoms with van der Waals surface area (Å²) < 4.78 is 0. The predicted octanol–water partition coefficient (Wildman–Crippen LogP) is 1.92. The molecule has 0 spiro atoms. The van der Waals surface area contributed by atoms with E-state index < -0.39 is 0 Å². The number of anilines is 1. The molecule has 1 aromatic rings. The largest absolute Gasteiger partial charge is 0.382 e. The Bertz CT molecular complexity index is 359. The van der Waals surface area contributed by atoms with Gasteiger partial charge in [-0.05, 0) is 44.0 Å². The third kappa shape index (κ3) is 3.69. The highest BCUT2D eigenvalue weighted by Gasteiger charge is 2.25. The van der Waals surface area contributed by atoms with Crippen LogP contribution in [0.1, 0.15) is 30.5 Å². The normalized spacial score (nSPS) is 23.4. The highest BCUT2D eigenvalue weighted by Crippen LogP contribution is 2.30. The van der Waals surface area contributed by atoms with Gasteiger partial charge in [-0.15, -0.1) is 29.9 Å². The average molecular weight is 279 g/mol. The lowest BCUT2D eigenvalue weighted by molar-refractivity contribution is 0.341. The molecule has 1 aromatic heterocycles. The second kappa shape index (κ2) is 6.99. The molecule has 4 nitrogen and oxygen atoms in total. The minimum Gasteiger partial charge on any atom is -0.382 e. The third-order valence-electron chi connectivity index (χ3n) is 3.18. The van der Waals surface area contributed by atoms with Crippen LogP contribution in [0.3, 0.4) is 0 Å². The quantitative estimate of drug-likeness (QED) is 0.824. The molecular formula is C11H20Cl2N4. The summed E-state index contributed by atoms with van der Waals surface area (Å²) in [4.78, 5) is 0. The van der Waals surface area contributed by atoms with E-state index in [1.807, 2.05) is 6.07 Å². The molecule has 17 heavy (non-hydrogen) atoms. The maximum Gasteiger partial charge on any atom is 0.146 e. The zero-order chi connectivity index (χ0) is 10.8. The number of nitrogen functional groups attached to an aromatic ring is 1. The predicted molar refractivity (Wildman–Crippen MR) is 75.1 cm³/mol. The van der Waals surface area contributed by atoms with Gasteiger partial charge in [0, 0.05) is 5.92 Å². The fraction of sp³-hybridized carbons (Fsp3) is 0.636. The van der Waals surface area contributed by atoms with E-state index in [-0.39, 0.29) is 24.8 Å². The highest BCUT2D eigenvalue weighted by atomic mass is 35.5. The summed E-state index contributed by atoms with van der Waals surface area (Å²) in [6, 6.07) is 1.91. The summed E-state index contributed by atoms with van der Waals surface area (Å²) in [6.07, 6.45) is 1.14. The monoisotopic (exact) mass is 278 g/mol. The minimum atomic E-state index is 0. The first-order chi connectivity index (χ1) is 7.18. The van der Waals surface area contributed by atoms with Gasteiger partial charge in [-0.2, -0.15) is 5.10 Å². The number of rotatable bonds is 1. The van der Waals surface area contributed by atoms with Crippen molar-refractivity contribution in [3.05, 3.63) is 17.3 Å². The molecule has 2 rings (SSSR count). The summed E-state index contributed by atoms with van der Waals surface area (Å²) in [7, 11) is 0. The van der Waals surface area contributed by atoms with Crippen LogP contribution in [-0.2, 0) is 0 Å². The van der Waals surface area contributed by atoms with Gasteiger partial charge in [0.2, 0.25) is 0 Å². The van der Waals surface area contributed by atoms with Crippen molar-refractivity contribution in [1.29, 1.82) is 0 Å². The molecule has 0 saturated carbocycles. The van der Waals surface area contributed by atoms with Crippen molar-refractivity contribution in [1.82, 2.24) is 15.5 Å². The fourth-order valence-electron chi connectivity index (χ4n) is 2.30. The number of nitrogens with one attached hydrogen (secondary N) is 1. The molecule has 6 heteroatoms. The van der Waals surface area contributed by atoms with E-state index in [1.54, 1.807) is 0 Å². The van der Waals surface area contributed by atoms with Crippen molar-refractivity contribution in [2.45, 2.75) is 26.2 Å². The zero-order valence-corrected chi connectivity index (χ0v) is 11.8. The van der Waals surface area contributed by atoms with E-state index in [0.717, 1.165) is 25.2 Å². The van der Waals surface area contributed by atoms with Crippen molar-refractivity contribution < 1.29 is 0 Å². The van der Waals surface area contributed by atoms with Crippen LogP contribution in [0.5, 0.6) is 0 Å². The van der Waals surface area contributed by atoms with Crippen molar-refractivity contribution >= 4 is 30.6 Å². The number of nitrogens with two attached hydrogens (primary N) is 1. The number of hydrogen-bond donors (Lipinski definition) is 2. The number of nitrogens with zero attached hydrogens (tertiary/aromatic N) is 2. The van der Waals surface area contributed by atoms with Crippen LogP contribution in [0.2, 0.25) is 0 Å². The van der Waals surface area contributed by atoms with Crippen LogP contribution in [-0.4, -0.2) is 23.3 Å². The maximum absolute atomic E-state index is 5.61. The molecule has 3 N–H and O–H groups in total. The molecule has 0 aliphatic carbocycles. The highest BCUT2D eigenvalue weighted by molar-refractivity contribution is 5.85. The molecule has 98 valence electrons. The summed E-state index contributed by atoms with van der Waals surface area (Å²) in [6.45, 7) is 6.46. The minimum absolute atomic E-state index is 0. The van der Waals surface area contributed by atoms with E-state index in [9.17, 15) is 0 Å². The molecule has 0 radical (unpaired) electrons. The Morgan fingerprint density at radius 1 is 1.35 bits per heavy atom. The number of hydrogen-bond acceptors (Lipinski definition) is 4. The summed E-state index contributed by atoms with van der Waals surface area (Å²) in [5.41, 5.74) is 7.90. The van der Waals surface area contributed by atoms with Crippen molar-refractivity contribution in [2.75, 3.05) is 18.8 Å². The van der Waals surface area contributed by atoms with Gasteiger partial charge in [0.25, 0.3) is 0 Å². The van der Waals surface area contributed by atoms with E-state index in [2.05, 4.69) is 29.4 Å². The summed E-state index contributed by atoms with van der Waals surface area (Å²) in [5.74, 6) is 1.66. The molecule has 0 aromatic carbocycles. The Kier molecular flexibility index (Phi) is 6.75. The first-order valence-corrected chi connectivity index (χ1v) is 5.49. The lowest BCUT2D eigenvalue weighted by Gasteiger charge is -2.29. The second-order valence-electron chi connectivity index (χ2n) is 4.41. The first kappa shape index (κ1) is 16.4. The topological polar surface area (TPSA) is 63.8 Å². The molecule has 2 unspecified atom stereocenters. The van der Waals surface area contributed by atoms with Crippen molar-refractivity contribution in [3.8, 4) is 0 Å². The maximum atomic E-state index is 5.61. The van der Waals surface area contributed by atoms with Crippen LogP contribution in [0.25, 0.3) is 0 Å². The fourth-order valence-corrected chi connectivity index (χ4v) is 2.30. The average Bonchev–Trinajstić information content (AvgIpc) is 2.20. The van der Waals surface area contributed by atoms with E-state index >= 15 is 0 Å². The van der Waals surface area contributed by atoms with Gasteiger partial charge >= 0.3 is 0 Å². The molecule has 1 fully saturated rings. The van der Waals surface area contributed by atoms with Crippen LogP contribution in [0, 0.1) is 12.8 Å². The summed E-state index contributed by atoms with van der Waals surface area (Å²) >= 11 is 0. The van der Waals surface area contributed by atoms with Crippen LogP contribution >= 0.6 is 24.8 Å². The standard InChI is InChI=1S/C11H18N4.2ClH/c1-7-5-10(12)14-15-11(7)9-3-4-13-6-8(9)2;;/h5,8-9,13H,3-4,6H2,1-2H3,(H2,12,14);2*1H. The van der Waals surface area contributed by atoms with E-state index in [1.165, 1.54) is 5.56 Å². The molecule has 0 bridgehead atoms. The van der Waals surface area contributed by atoms with Crippen molar-refractivity contribution in [2.24, 2.45) is 5.92 Å². The van der Waals surface area contributed by atoms with Gasteiger partial charge < -0.3 is 11.1 Å². The van der Waals surface area contributed by atoms with Gasteiger partial charge in [0.1, 0.15) is 5.82 Å². The Labute approximate surface area is 115 Å². The lowest BCUT2D eigenvalue weighted by atomic mass is 9.84. The Morgan fingerprint density at radius 3 is 2.65 bits per heavy atom. The van der Waals surface area contributed by atoms with Crippen LogP contribution in [0.4, 0.5) is 5.82 Å². The zero-order valence-electron chi connectivity index (χ0n) is 10.1. The smallest absolute Gasteiger partial charge is 0.146 e. The Morgan fingerprint density at radius 2 is 2.06 bits per heavy atom. The molecular weight excluding hydrogens is 259 g/mol. The second-order valence-corrected chi connectivity index (χ2v) is 4.41. The SMILES string of the molecule is Cc1cc(N)nnc1C1CCNCC1C.Cl.Cl. The summed E-state index contributed by atoms with van der Waals surface area (Å²) in [5, 5.41) is 11.6. The van der Waals surface area contributed by atoms with Gasteiger partial charge in [0.15, 0.2) is 0 Å². The number of piperidine rings is 1. The van der Waals surface area contributed by atoms with Gasteiger partial charge in [-0.25, -0.2) is 0 Å². The molecule has 1 saturated heterocycles. The lowest BCUT2D eigenvalue weighted by Crippen LogP contribution is -2.34. The number of halogens is 2. The molecule has 0 amide bonds. The molecule has 2 atom stereocenters. The molecule has 1 aliphatic rings. The Hall–Kier alpha value is -0.580. The third-order valence-corrected chi connectivity index (χ3v) is 3.18. The van der Waals surface area contributed by atoms with Gasteiger partial charge in [-0.3, -0.25) is 0 Å². The van der Waals surface area contributed by atoms with Crippen molar-refractivity contribution in [3.63, 3.8) is 0 Å². The van der Waals surface area contributed by atoms with Crippen LogP contribution in [0.15, 0.2) is 6.07 Å². The number of aryl methyl sites for hydroxylation is 1. The Balaban J connectivity index is 0.00000128. The first-order valence-electron chi connectivity index (χ1n) is 5.49. The molecule has 1 aliphatic heterocycles. The van der Waals surface area contributed by atoms with Crippen LogP contribution < -0.4 is 11.1 Å². The van der Waals surface area contributed by atoms with Gasteiger partial charge in [-0.1, -0.05) is 6.92 Å². The number of aromatic nitrogens is 2. The van der Waals surface area contributed by atoms with E-state index in [0.29, 0.717) is 17.7 Å².